The average molecular weight is 336 g/mol. The van der Waals surface area contributed by atoms with Crippen LogP contribution in [0, 0.1) is 5.82 Å². The maximum Gasteiger partial charge on any atom is 0.154 e. The second-order valence-corrected chi connectivity index (χ2v) is 4.99. The Balaban J connectivity index is 1.68. The fourth-order valence-electron chi connectivity index (χ4n) is 1.85. The maximum absolute atomic E-state index is 13.4. The molecule has 0 bridgehead atoms. The lowest BCUT2D eigenvalue weighted by Crippen LogP contribution is -2.09. The molecule has 0 saturated heterocycles. The highest BCUT2D eigenvalue weighted by Gasteiger charge is 2.04. The second-order valence-electron chi connectivity index (χ2n) is 4.18. The van der Waals surface area contributed by atoms with Crippen LogP contribution in [0.15, 0.2) is 41.3 Å². The summed E-state index contributed by atoms with van der Waals surface area (Å²) in [6.07, 6.45) is 3.78. The summed E-state index contributed by atoms with van der Waals surface area (Å²) in [6.45, 7) is 0.554. The standard InChI is InChI=1S/C13H11BrFN5/c14-11-8-18-13-4-3-12(19-20(11)13)17-7-5-10-9(15)2-1-6-16-10/h1-4,6,8H,5,7H2,(H,17,19). The summed E-state index contributed by atoms with van der Waals surface area (Å²) in [5.74, 6) is 0.419. The molecule has 3 heterocycles. The van der Waals surface area contributed by atoms with Crippen molar-refractivity contribution in [3.05, 3.63) is 52.8 Å². The van der Waals surface area contributed by atoms with Crippen LogP contribution in [0.5, 0.6) is 0 Å². The summed E-state index contributed by atoms with van der Waals surface area (Å²) >= 11 is 3.37. The van der Waals surface area contributed by atoms with E-state index in [1.807, 2.05) is 12.1 Å². The van der Waals surface area contributed by atoms with Crippen LogP contribution in [0.25, 0.3) is 5.65 Å². The van der Waals surface area contributed by atoms with Crippen molar-refractivity contribution in [2.45, 2.75) is 6.42 Å². The van der Waals surface area contributed by atoms with Crippen LogP contribution in [0.1, 0.15) is 5.69 Å². The zero-order valence-corrected chi connectivity index (χ0v) is 12.0. The average Bonchev–Trinajstić information content (AvgIpc) is 2.82. The van der Waals surface area contributed by atoms with Gasteiger partial charge in [-0.2, -0.15) is 0 Å². The van der Waals surface area contributed by atoms with Crippen molar-refractivity contribution < 1.29 is 4.39 Å². The summed E-state index contributed by atoms with van der Waals surface area (Å²) in [7, 11) is 0. The van der Waals surface area contributed by atoms with Gasteiger partial charge in [-0.05, 0) is 40.2 Å². The Morgan fingerprint density at radius 3 is 3.00 bits per heavy atom. The van der Waals surface area contributed by atoms with Crippen LogP contribution in [0.3, 0.4) is 0 Å². The monoisotopic (exact) mass is 335 g/mol. The summed E-state index contributed by atoms with van der Waals surface area (Å²) in [5, 5.41) is 7.51. The van der Waals surface area contributed by atoms with Gasteiger partial charge in [0.1, 0.15) is 16.2 Å². The molecule has 0 radical (unpaired) electrons. The molecule has 0 aliphatic rings. The molecule has 7 heteroatoms. The molecule has 3 aromatic rings. The lowest BCUT2D eigenvalue weighted by molar-refractivity contribution is 0.600. The highest BCUT2D eigenvalue weighted by molar-refractivity contribution is 9.10. The van der Waals surface area contributed by atoms with Gasteiger partial charge in [0.25, 0.3) is 0 Å². The fraction of sp³-hybridized carbons (Fsp3) is 0.154. The molecule has 0 aliphatic heterocycles. The lowest BCUT2D eigenvalue weighted by Gasteiger charge is -2.06. The topological polar surface area (TPSA) is 55.1 Å². The number of rotatable bonds is 4. The first-order chi connectivity index (χ1) is 9.74. The summed E-state index contributed by atoms with van der Waals surface area (Å²) in [5.41, 5.74) is 1.21. The number of hydrogen-bond donors (Lipinski definition) is 1. The van der Waals surface area contributed by atoms with E-state index in [-0.39, 0.29) is 5.82 Å². The van der Waals surface area contributed by atoms with Gasteiger partial charge in [-0.3, -0.25) is 4.98 Å². The van der Waals surface area contributed by atoms with E-state index in [1.54, 1.807) is 23.0 Å². The molecule has 0 fully saturated rings. The highest BCUT2D eigenvalue weighted by Crippen LogP contribution is 2.13. The van der Waals surface area contributed by atoms with Crippen molar-refractivity contribution in [3.63, 3.8) is 0 Å². The largest absolute Gasteiger partial charge is 0.368 e. The van der Waals surface area contributed by atoms with Crippen LogP contribution >= 0.6 is 15.9 Å². The summed E-state index contributed by atoms with van der Waals surface area (Å²) in [6, 6.07) is 6.69. The van der Waals surface area contributed by atoms with E-state index in [1.165, 1.54) is 6.07 Å². The number of aromatic nitrogens is 4. The van der Waals surface area contributed by atoms with Gasteiger partial charge in [0.15, 0.2) is 5.65 Å². The third-order valence-electron chi connectivity index (χ3n) is 2.82. The van der Waals surface area contributed by atoms with E-state index in [2.05, 4.69) is 36.3 Å². The number of hydrogen-bond acceptors (Lipinski definition) is 4. The Labute approximate surface area is 123 Å². The number of imidazole rings is 1. The van der Waals surface area contributed by atoms with E-state index in [9.17, 15) is 4.39 Å². The van der Waals surface area contributed by atoms with Crippen LogP contribution in [0.4, 0.5) is 10.2 Å². The lowest BCUT2D eigenvalue weighted by atomic mass is 10.2. The maximum atomic E-state index is 13.4. The van der Waals surface area contributed by atoms with E-state index >= 15 is 0 Å². The molecule has 3 rings (SSSR count). The Hall–Kier alpha value is -2.02. The molecular formula is C13H11BrFN5. The van der Waals surface area contributed by atoms with Crippen molar-refractivity contribution in [3.8, 4) is 0 Å². The number of halogens is 2. The molecule has 20 heavy (non-hydrogen) atoms. The first-order valence-electron chi connectivity index (χ1n) is 6.07. The first-order valence-corrected chi connectivity index (χ1v) is 6.87. The van der Waals surface area contributed by atoms with Crippen LogP contribution < -0.4 is 5.32 Å². The number of fused-ring (bicyclic) bond motifs is 1. The SMILES string of the molecule is Fc1cccnc1CCNc1ccc2ncc(Br)n2n1. The molecule has 0 aromatic carbocycles. The van der Waals surface area contributed by atoms with Gasteiger partial charge >= 0.3 is 0 Å². The van der Waals surface area contributed by atoms with E-state index in [0.717, 1.165) is 10.3 Å². The Morgan fingerprint density at radius 1 is 1.25 bits per heavy atom. The van der Waals surface area contributed by atoms with Crippen molar-refractivity contribution >= 4 is 27.4 Å². The Morgan fingerprint density at radius 2 is 2.15 bits per heavy atom. The van der Waals surface area contributed by atoms with Gasteiger partial charge in [0.05, 0.1) is 11.9 Å². The minimum Gasteiger partial charge on any atom is -0.368 e. The molecule has 0 aliphatic carbocycles. The van der Waals surface area contributed by atoms with Crippen molar-refractivity contribution in [1.29, 1.82) is 0 Å². The zero-order chi connectivity index (χ0) is 13.9. The molecular weight excluding hydrogens is 325 g/mol. The third kappa shape index (κ3) is 2.62. The summed E-state index contributed by atoms with van der Waals surface area (Å²) < 4.78 is 15.9. The predicted molar refractivity (Wildman–Crippen MR) is 77.1 cm³/mol. The number of nitrogens with zero attached hydrogens (tertiary/aromatic N) is 4. The van der Waals surface area contributed by atoms with Crippen molar-refractivity contribution in [1.82, 2.24) is 19.6 Å². The Bertz CT molecular complexity index is 742. The van der Waals surface area contributed by atoms with Gasteiger partial charge in [-0.1, -0.05) is 0 Å². The summed E-state index contributed by atoms with van der Waals surface area (Å²) in [4.78, 5) is 8.17. The van der Waals surface area contributed by atoms with Crippen molar-refractivity contribution in [2.75, 3.05) is 11.9 Å². The van der Waals surface area contributed by atoms with E-state index < -0.39 is 0 Å². The number of anilines is 1. The molecule has 0 spiro atoms. The molecule has 0 unspecified atom stereocenters. The minimum absolute atomic E-state index is 0.282. The Kier molecular flexibility index (Phi) is 3.60. The van der Waals surface area contributed by atoms with E-state index in [4.69, 9.17) is 0 Å². The third-order valence-corrected chi connectivity index (χ3v) is 3.36. The molecule has 5 nitrogen and oxygen atoms in total. The van der Waals surface area contributed by atoms with E-state index in [0.29, 0.717) is 24.5 Å². The predicted octanol–water partition coefficient (Wildman–Crippen LogP) is 2.68. The second kappa shape index (κ2) is 5.54. The molecule has 0 atom stereocenters. The quantitative estimate of drug-likeness (QED) is 0.796. The van der Waals surface area contributed by atoms with Gasteiger partial charge in [0, 0.05) is 19.2 Å². The van der Waals surface area contributed by atoms with Gasteiger partial charge in [-0.15, -0.1) is 5.10 Å². The van der Waals surface area contributed by atoms with Gasteiger partial charge in [0.2, 0.25) is 0 Å². The molecule has 1 N–H and O–H groups in total. The zero-order valence-electron chi connectivity index (χ0n) is 10.4. The van der Waals surface area contributed by atoms with Crippen molar-refractivity contribution in [2.24, 2.45) is 0 Å². The number of pyridine rings is 1. The van der Waals surface area contributed by atoms with Gasteiger partial charge < -0.3 is 5.32 Å². The molecule has 3 aromatic heterocycles. The van der Waals surface area contributed by atoms with Gasteiger partial charge in [-0.25, -0.2) is 13.9 Å². The smallest absolute Gasteiger partial charge is 0.154 e. The molecule has 0 amide bonds. The minimum atomic E-state index is -0.282. The van der Waals surface area contributed by atoms with Crippen LogP contribution in [-0.2, 0) is 6.42 Å². The van der Waals surface area contributed by atoms with Crippen LogP contribution in [-0.4, -0.2) is 26.1 Å². The number of nitrogens with one attached hydrogen (secondary N) is 1. The molecule has 102 valence electrons. The fourth-order valence-corrected chi connectivity index (χ4v) is 2.21. The van der Waals surface area contributed by atoms with Crippen LogP contribution in [0.2, 0.25) is 0 Å². The normalized spacial score (nSPS) is 10.9. The molecule has 0 saturated carbocycles. The highest BCUT2D eigenvalue weighted by atomic mass is 79.9. The first kappa shape index (κ1) is 13.0.